The standard InChI is InChI=1S/C18H22N2O2/c1-3-15-9-7-8-12-17(15)22-14-13-19-18(21)20(2)16-10-5-4-6-11-16/h4-12H,3,13-14H2,1-2H3,(H,19,21). The zero-order valence-electron chi connectivity index (χ0n) is 13.1. The van der Waals surface area contributed by atoms with Gasteiger partial charge >= 0.3 is 6.03 Å². The summed E-state index contributed by atoms with van der Waals surface area (Å²) in [5.74, 6) is 0.885. The van der Waals surface area contributed by atoms with Crippen LogP contribution in [0.25, 0.3) is 0 Å². The zero-order chi connectivity index (χ0) is 15.8. The van der Waals surface area contributed by atoms with Crippen LogP contribution in [0.5, 0.6) is 5.75 Å². The van der Waals surface area contributed by atoms with Gasteiger partial charge in [-0.2, -0.15) is 0 Å². The second-order valence-electron chi connectivity index (χ2n) is 4.94. The Morgan fingerprint density at radius 2 is 1.77 bits per heavy atom. The van der Waals surface area contributed by atoms with Crippen molar-refractivity contribution in [1.82, 2.24) is 5.32 Å². The molecule has 0 aliphatic rings. The summed E-state index contributed by atoms with van der Waals surface area (Å²) in [6, 6.07) is 17.4. The van der Waals surface area contributed by atoms with E-state index in [-0.39, 0.29) is 6.03 Å². The lowest BCUT2D eigenvalue weighted by Crippen LogP contribution is -2.39. The molecule has 0 heterocycles. The molecule has 0 saturated carbocycles. The molecule has 0 saturated heterocycles. The van der Waals surface area contributed by atoms with Gasteiger partial charge in [0.2, 0.25) is 0 Å². The summed E-state index contributed by atoms with van der Waals surface area (Å²) in [6.07, 6.45) is 0.930. The Morgan fingerprint density at radius 1 is 1.09 bits per heavy atom. The van der Waals surface area contributed by atoms with Crippen LogP contribution in [-0.4, -0.2) is 26.2 Å². The van der Waals surface area contributed by atoms with Gasteiger partial charge in [-0.1, -0.05) is 43.3 Å². The molecule has 22 heavy (non-hydrogen) atoms. The van der Waals surface area contributed by atoms with Crippen LogP contribution >= 0.6 is 0 Å². The minimum absolute atomic E-state index is 0.140. The van der Waals surface area contributed by atoms with Gasteiger partial charge in [0.1, 0.15) is 12.4 Å². The van der Waals surface area contributed by atoms with Crippen LogP contribution in [0.4, 0.5) is 10.5 Å². The van der Waals surface area contributed by atoms with Crippen molar-refractivity contribution in [3.05, 3.63) is 60.2 Å². The minimum Gasteiger partial charge on any atom is -0.491 e. The lowest BCUT2D eigenvalue weighted by Gasteiger charge is -2.18. The molecule has 0 aromatic heterocycles. The molecule has 0 aliphatic heterocycles. The van der Waals surface area contributed by atoms with Crippen LogP contribution in [0.2, 0.25) is 0 Å². The molecular formula is C18H22N2O2. The van der Waals surface area contributed by atoms with E-state index in [2.05, 4.69) is 18.3 Å². The lowest BCUT2D eigenvalue weighted by molar-refractivity contribution is 0.242. The fourth-order valence-corrected chi connectivity index (χ4v) is 2.14. The molecule has 116 valence electrons. The highest BCUT2D eigenvalue weighted by molar-refractivity contribution is 5.91. The number of nitrogens with zero attached hydrogens (tertiary/aromatic N) is 1. The van der Waals surface area contributed by atoms with Crippen molar-refractivity contribution in [2.45, 2.75) is 13.3 Å². The molecular weight excluding hydrogens is 276 g/mol. The first-order valence-electron chi connectivity index (χ1n) is 7.49. The number of hydrogen-bond acceptors (Lipinski definition) is 2. The molecule has 0 atom stereocenters. The van der Waals surface area contributed by atoms with E-state index < -0.39 is 0 Å². The summed E-state index contributed by atoms with van der Waals surface area (Å²) in [5, 5.41) is 2.85. The average molecular weight is 298 g/mol. The monoisotopic (exact) mass is 298 g/mol. The van der Waals surface area contributed by atoms with Gasteiger partial charge in [0, 0.05) is 12.7 Å². The molecule has 0 unspecified atom stereocenters. The van der Waals surface area contributed by atoms with Gasteiger partial charge in [0.25, 0.3) is 0 Å². The van der Waals surface area contributed by atoms with Crippen LogP contribution in [0.1, 0.15) is 12.5 Å². The number of para-hydroxylation sites is 2. The SMILES string of the molecule is CCc1ccccc1OCCNC(=O)N(C)c1ccccc1. The summed E-state index contributed by atoms with van der Waals surface area (Å²) in [4.78, 5) is 13.6. The number of urea groups is 1. The minimum atomic E-state index is -0.140. The van der Waals surface area contributed by atoms with Gasteiger partial charge in [-0.25, -0.2) is 4.79 Å². The first-order chi connectivity index (χ1) is 10.7. The zero-order valence-corrected chi connectivity index (χ0v) is 13.1. The predicted molar refractivity (Wildman–Crippen MR) is 89.6 cm³/mol. The van der Waals surface area contributed by atoms with Gasteiger partial charge < -0.3 is 10.1 Å². The van der Waals surface area contributed by atoms with Crippen molar-refractivity contribution in [3.8, 4) is 5.75 Å². The second-order valence-corrected chi connectivity index (χ2v) is 4.94. The highest BCUT2D eigenvalue weighted by Gasteiger charge is 2.09. The first-order valence-corrected chi connectivity index (χ1v) is 7.49. The maximum absolute atomic E-state index is 12.0. The third kappa shape index (κ3) is 4.25. The van der Waals surface area contributed by atoms with E-state index in [9.17, 15) is 4.79 Å². The van der Waals surface area contributed by atoms with Crippen molar-refractivity contribution >= 4 is 11.7 Å². The van der Waals surface area contributed by atoms with E-state index in [0.717, 1.165) is 17.9 Å². The lowest BCUT2D eigenvalue weighted by atomic mass is 10.1. The topological polar surface area (TPSA) is 41.6 Å². The van der Waals surface area contributed by atoms with Crippen LogP contribution in [-0.2, 0) is 6.42 Å². The number of anilines is 1. The van der Waals surface area contributed by atoms with Gasteiger partial charge in [0.15, 0.2) is 0 Å². The third-order valence-electron chi connectivity index (χ3n) is 3.44. The summed E-state index contributed by atoms with van der Waals surface area (Å²) in [7, 11) is 1.75. The van der Waals surface area contributed by atoms with E-state index in [1.807, 2.05) is 48.5 Å². The Labute approximate surface area is 131 Å². The van der Waals surface area contributed by atoms with Gasteiger partial charge in [-0.3, -0.25) is 4.90 Å². The number of benzene rings is 2. The number of rotatable bonds is 6. The third-order valence-corrected chi connectivity index (χ3v) is 3.44. The van der Waals surface area contributed by atoms with Crippen molar-refractivity contribution < 1.29 is 9.53 Å². The van der Waals surface area contributed by atoms with Crippen molar-refractivity contribution in [3.63, 3.8) is 0 Å². The number of carbonyl (C=O) groups is 1. The molecule has 0 radical (unpaired) electrons. The first kappa shape index (κ1) is 15.9. The van der Waals surface area contributed by atoms with E-state index in [1.165, 1.54) is 5.56 Å². The Bertz CT molecular complexity index is 599. The molecule has 0 spiro atoms. The van der Waals surface area contributed by atoms with Gasteiger partial charge in [0.05, 0.1) is 6.54 Å². The van der Waals surface area contributed by atoms with Crippen LogP contribution < -0.4 is 15.0 Å². The molecule has 0 fully saturated rings. The number of amides is 2. The molecule has 4 nitrogen and oxygen atoms in total. The average Bonchev–Trinajstić information content (AvgIpc) is 2.59. The number of hydrogen-bond donors (Lipinski definition) is 1. The molecule has 2 aromatic rings. The smallest absolute Gasteiger partial charge is 0.321 e. The number of carbonyl (C=O) groups excluding carboxylic acids is 1. The fourth-order valence-electron chi connectivity index (χ4n) is 2.14. The second kappa shape index (κ2) is 8.08. The van der Waals surface area contributed by atoms with E-state index in [4.69, 9.17) is 4.74 Å². The van der Waals surface area contributed by atoms with Crippen LogP contribution in [0.3, 0.4) is 0 Å². The van der Waals surface area contributed by atoms with Crippen molar-refractivity contribution in [2.24, 2.45) is 0 Å². The van der Waals surface area contributed by atoms with Crippen LogP contribution in [0.15, 0.2) is 54.6 Å². The largest absolute Gasteiger partial charge is 0.491 e. The van der Waals surface area contributed by atoms with E-state index >= 15 is 0 Å². The Kier molecular flexibility index (Phi) is 5.83. The molecule has 0 aliphatic carbocycles. The highest BCUT2D eigenvalue weighted by atomic mass is 16.5. The maximum atomic E-state index is 12.0. The quantitative estimate of drug-likeness (QED) is 0.830. The van der Waals surface area contributed by atoms with Crippen molar-refractivity contribution in [1.29, 1.82) is 0 Å². The van der Waals surface area contributed by atoms with Gasteiger partial charge in [-0.05, 0) is 30.2 Å². The Balaban J connectivity index is 1.78. The normalized spacial score (nSPS) is 10.1. The highest BCUT2D eigenvalue weighted by Crippen LogP contribution is 2.17. The van der Waals surface area contributed by atoms with E-state index in [1.54, 1.807) is 11.9 Å². The maximum Gasteiger partial charge on any atom is 0.321 e. The summed E-state index contributed by atoms with van der Waals surface area (Å²) in [6.45, 7) is 3.01. The van der Waals surface area contributed by atoms with Crippen LogP contribution in [0, 0.1) is 0 Å². The fraction of sp³-hybridized carbons (Fsp3) is 0.278. The van der Waals surface area contributed by atoms with E-state index in [0.29, 0.717) is 13.2 Å². The Hall–Kier alpha value is -2.49. The molecule has 2 rings (SSSR count). The number of aryl methyl sites for hydroxylation is 1. The number of nitrogens with one attached hydrogen (secondary N) is 1. The number of ether oxygens (including phenoxy) is 1. The molecule has 2 aromatic carbocycles. The van der Waals surface area contributed by atoms with Gasteiger partial charge in [-0.15, -0.1) is 0 Å². The summed E-state index contributed by atoms with van der Waals surface area (Å²) in [5.41, 5.74) is 2.03. The van der Waals surface area contributed by atoms with Crippen molar-refractivity contribution in [2.75, 3.05) is 25.1 Å². The molecule has 0 bridgehead atoms. The summed E-state index contributed by atoms with van der Waals surface area (Å²) < 4.78 is 5.73. The molecule has 1 N–H and O–H groups in total. The molecule has 2 amide bonds. The molecule has 4 heteroatoms. The summed E-state index contributed by atoms with van der Waals surface area (Å²) >= 11 is 0. The predicted octanol–water partition coefficient (Wildman–Crippen LogP) is 3.47. The Morgan fingerprint density at radius 3 is 2.50 bits per heavy atom.